The number of amides is 2. The van der Waals surface area contributed by atoms with Gasteiger partial charge in [0, 0.05) is 13.1 Å². The smallest absolute Gasteiger partial charge is 0.243 e. The summed E-state index contributed by atoms with van der Waals surface area (Å²) in [6, 6.07) is 5.92. The first-order valence-electron chi connectivity index (χ1n) is 9.26. The van der Waals surface area contributed by atoms with Gasteiger partial charge in [0.25, 0.3) is 0 Å². The minimum absolute atomic E-state index is 0.134. The van der Waals surface area contributed by atoms with E-state index in [9.17, 15) is 18.0 Å². The molecule has 8 nitrogen and oxygen atoms in total. The third kappa shape index (κ3) is 2.37. The molecule has 4 heterocycles. The standard InChI is InChI=1S/C19H20N2O6S/c1-19-7-6-14(27-19)15-16(19)18(23)21(17(15)22)12-2-4-13(5-3-12)28(24,25)20-8-10-26-11-9-20/h2-7,14-16H,8-11H2,1H3/t14-,15?,16?,19+/m0/s1. The summed E-state index contributed by atoms with van der Waals surface area (Å²) in [4.78, 5) is 27.2. The summed E-state index contributed by atoms with van der Waals surface area (Å²) in [7, 11) is -3.63. The molecule has 148 valence electrons. The Morgan fingerprint density at radius 2 is 1.75 bits per heavy atom. The Labute approximate surface area is 162 Å². The van der Waals surface area contributed by atoms with Crippen LogP contribution >= 0.6 is 0 Å². The van der Waals surface area contributed by atoms with Crippen molar-refractivity contribution in [3.63, 3.8) is 0 Å². The van der Waals surface area contributed by atoms with Crippen molar-refractivity contribution < 1.29 is 27.5 Å². The van der Waals surface area contributed by atoms with Gasteiger partial charge in [0.2, 0.25) is 21.8 Å². The average molecular weight is 404 g/mol. The van der Waals surface area contributed by atoms with Crippen LogP contribution in [-0.4, -0.2) is 62.5 Å². The van der Waals surface area contributed by atoms with Crippen molar-refractivity contribution in [1.29, 1.82) is 0 Å². The zero-order valence-corrected chi connectivity index (χ0v) is 16.1. The number of benzene rings is 1. The monoisotopic (exact) mass is 404 g/mol. The van der Waals surface area contributed by atoms with Crippen molar-refractivity contribution in [2.75, 3.05) is 31.2 Å². The van der Waals surface area contributed by atoms with Crippen LogP contribution in [0.4, 0.5) is 5.69 Å². The van der Waals surface area contributed by atoms with Gasteiger partial charge in [-0.15, -0.1) is 0 Å². The van der Waals surface area contributed by atoms with Crippen LogP contribution in [0.5, 0.6) is 0 Å². The number of ether oxygens (including phenoxy) is 2. The van der Waals surface area contributed by atoms with Crippen LogP contribution in [0, 0.1) is 11.8 Å². The van der Waals surface area contributed by atoms with Crippen LogP contribution in [0.25, 0.3) is 0 Å². The van der Waals surface area contributed by atoms with Crippen molar-refractivity contribution in [3.05, 3.63) is 36.4 Å². The summed E-state index contributed by atoms with van der Waals surface area (Å²) in [6.07, 6.45) is 3.32. The molecule has 2 bridgehead atoms. The molecule has 4 atom stereocenters. The number of carbonyl (C=O) groups excluding carboxylic acids is 2. The molecule has 4 aliphatic heterocycles. The van der Waals surface area contributed by atoms with Crippen LogP contribution in [0.2, 0.25) is 0 Å². The van der Waals surface area contributed by atoms with Gasteiger partial charge in [-0.25, -0.2) is 13.3 Å². The summed E-state index contributed by atoms with van der Waals surface area (Å²) in [6.45, 7) is 3.17. The highest BCUT2D eigenvalue weighted by Crippen LogP contribution is 2.52. The van der Waals surface area contributed by atoms with E-state index in [1.807, 2.05) is 19.1 Å². The van der Waals surface area contributed by atoms with Crippen LogP contribution in [0.1, 0.15) is 6.92 Å². The zero-order chi connectivity index (χ0) is 19.7. The number of fused-ring (bicyclic) bond motifs is 5. The summed E-state index contributed by atoms with van der Waals surface area (Å²) in [5.41, 5.74) is -0.371. The van der Waals surface area contributed by atoms with E-state index in [0.717, 1.165) is 0 Å². The van der Waals surface area contributed by atoms with Crippen molar-refractivity contribution in [1.82, 2.24) is 4.31 Å². The second-order valence-electron chi connectivity index (χ2n) is 7.65. The maximum atomic E-state index is 13.0. The molecule has 1 aromatic rings. The molecule has 28 heavy (non-hydrogen) atoms. The van der Waals surface area contributed by atoms with Gasteiger partial charge in [0.05, 0.1) is 47.3 Å². The Kier molecular flexibility index (Phi) is 3.83. The van der Waals surface area contributed by atoms with E-state index in [0.29, 0.717) is 32.0 Å². The highest BCUT2D eigenvalue weighted by atomic mass is 32.2. The minimum Gasteiger partial charge on any atom is -0.379 e. The van der Waals surface area contributed by atoms with E-state index in [1.165, 1.54) is 33.5 Å². The Morgan fingerprint density at radius 1 is 1.07 bits per heavy atom. The molecule has 0 spiro atoms. The van der Waals surface area contributed by atoms with E-state index in [1.54, 1.807) is 0 Å². The van der Waals surface area contributed by atoms with Gasteiger partial charge in [-0.3, -0.25) is 9.59 Å². The molecule has 2 unspecified atom stereocenters. The lowest BCUT2D eigenvalue weighted by molar-refractivity contribution is -0.126. The molecule has 5 rings (SSSR count). The largest absolute Gasteiger partial charge is 0.379 e. The van der Waals surface area contributed by atoms with E-state index >= 15 is 0 Å². The Morgan fingerprint density at radius 3 is 2.39 bits per heavy atom. The highest BCUT2D eigenvalue weighted by molar-refractivity contribution is 7.89. The predicted molar refractivity (Wildman–Crippen MR) is 97.9 cm³/mol. The molecule has 0 saturated carbocycles. The molecule has 1 aromatic carbocycles. The first kappa shape index (κ1) is 18.0. The molecule has 4 aliphatic rings. The second-order valence-corrected chi connectivity index (χ2v) is 9.59. The van der Waals surface area contributed by atoms with Crippen LogP contribution in [0.15, 0.2) is 41.3 Å². The predicted octanol–water partition coefficient (Wildman–Crippen LogP) is 0.540. The van der Waals surface area contributed by atoms with E-state index in [-0.39, 0.29) is 22.8 Å². The number of imide groups is 1. The molecular formula is C19H20N2O6S. The van der Waals surface area contributed by atoms with Gasteiger partial charge >= 0.3 is 0 Å². The van der Waals surface area contributed by atoms with Gasteiger partial charge in [-0.1, -0.05) is 12.2 Å². The number of hydrogen-bond donors (Lipinski definition) is 0. The Balaban J connectivity index is 1.43. The van der Waals surface area contributed by atoms with E-state index in [2.05, 4.69) is 0 Å². The van der Waals surface area contributed by atoms with Gasteiger partial charge in [0.15, 0.2) is 0 Å². The van der Waals surface area contributed by atoms with Crippen molar-refractivity contribution in [3.8, 4) is 0 Å². The van der Waals surface area contributed by atoms with E-state index in [4.69, 9.17) is 9.47 Å². The van der Waals surface area contributed by atoms with Crippen molar-refractivity contribution in [2.45, 2.75) is 23.5 Å². The fraction of sp³-hybridized carbons (Fsp3) is 0.474. The maximum absolute atomic E-state index is 13.0. The lowest BCUT2D eigenvalue weighted by Crippen LogP contribution is -2.40. The molecule has 3 fully saturated rings. The van der Waals surface area contributed by atoms with Gasteiger partial charge in [-0.2, -0.15) is 4.31 Å². The fourth-order valence-electron chi connectivity index (χ4n) is 4.61. The molecule has 9 heteroatoms. The molecular weight excluding hydrogens is 384 g/mol. The molecule has 0 radical (unpaired) electrons. The number of nitrogens with zero attached hydrogens (tertiary/aromatic N) is 2. The summed E-state index contributed by atoms with van der Waals surface area (Å²) in [5.74, 6) is -1.64. The lowest BCUT2D eigenvalue weighted by atomic mass is 9.78. The number of morpholine rings is 1. The fourth-order valence-corrected chi connectivity index (χ4v) is 6.02. The molecule has 3 saturated heterocycles. The summed E-state index contributed by atoms with van der Waals surface area (Å²) in [5, 5.41) is 0. The Hall–Kier alpha value is -2.07. The van der Waals surface area contributed by atoms with E-state index < -0.39 is 27.5 Å². The van der Waals surface area contributed by atoms with Crippen LogP contribution < -0.4 is 4.90 Å². The van der Waals surface area contributed by atoms with Gasteiger partial charge in [0.1, 0.15) is 0 Å². The third-order valence-corrected chi connectivity index (χ3v) is 7.95. The van der Waals surface area contributed by atoms with Gasteiger partial charge < -0.3 is 9.47 Å². The maximum Gasteiger partial charge on any atom is 0.243 e. The van der Waals surface area contributed by atoms with Crippen LogP contribution in [-0.2, 0) is 29.1 Å². The quantitative estimate of drug-likeness (QED) is 0.539. The number of hydrogen-bond acceptors (Lipinski definition) is 6. The van der Waals surface area contributed by atoms with Gasteiger partial charge in [-0.05, 0) is 31.2 Å². The minimum atomic E-state index is -3.63. The molecule has 0 aliphatic carbocycles. The number of carbonyl (C=O) groups is 2. The third-order valence-electron chi connectivity index (χ3n) is 6.03. The van der Waals surface area contributed by atoms with Crippen LogP contribution in [0.3, 0.4) is 0 Å². The topological polar surface area (TPSA) is 93.2 Å². The zero-order valence-electron chi connectivity index (χ0n) is 15.3. The normalized spacial score (nSPS) is 35.0. The summed E-state index contributed by atoms with van der Waals surface area (Å²) < 4.78 is 37.9. The first-order valence-corrected chi connectivity index (χ1v) is 10.7. The summed E-state index contributed by atoms with van der Waals surface area (Å²) >= 11 is 0. The number of rotatable bonds is 3. The molecule has 2 amide bonds. The lowest BCUT2D eigenvalue weighted by Gasteiger charge is -2.26. The van der Waals surface area contributed by atoms with Crippen molar-refractivity contribution >= 4 is 27.5 Å². The molecule has 0 aromatic heterocycles. The SMILES string of the molecule is C[C@]12C=C[C@H](O1)C1C(=O)N(c3ccc(S(=O)(=O)N4CCOCC4)cc3)C(=O)C12. The number of sulfonamides is 1. The van der Waals surface area contributed by atoms with Crippen molar-refractivity contribution in [2.24, 2.45) is 11.8 Å². The average Bonchev–Trinajstić information content (AvgIpc) is 3.31. The highest BCUT2D eigenvalue weighted by Gasteiger charge is 2.66. The molecule has 0 N–H and O–H groups in total. The Bertz CT molecular complexity index is 982. The first-order chi connectivity index (χ1) is 13.3. The number of anilines is 1. The second kappa shape index (κ2) is 5.96.